The van der Waals surface area contributed by atoms with E-state index in [1.165, 1.54) is 38.5 Å². The molecule has 0 aromatic heterocycles. The molecule has 1 heterocycles. The molecule has 2 rings (SSSR count). The minimum Gasteiger partial charge on any atom is -0.393 e. The lowest BCUT2D eigenvalue weighted by molar-refractivity contribution is -0.135. The highest BCUT2D eigenvalue weighted by Gasteiger charge is 2.38. The van der Waals surface area contributed by atoms with Gasteiger partial charge in [-0.25, -0.2) is 0 Å². The maximum Gasteiger partial charge on any atom is 0.232 e. The van der Waals surface area contributed by atoms with E-state index in [0.717, 1.165) is 13.1 Å². The summed E-state index contributed by atoms with van der Waals surface area (Å²) in [5, 5.41) is 0. The molecule has 1 amide bonds. The van der Waals surface area contributed by atoms with E-state index in [4.69, 9.17) is 18.0 Å². The second kappa shape index (κ2) is 4.92. The minimum absolute atomic E-state index is 0.116. The van der Waals surface area contributed by atoms with Crippen LogP contribution in [0.5, 0.6) is 0 Å². The molecule has 1 spiro atoms. The first-order valence-electron chi connectivity index (χ1n) is 6.62. The zero-order valence-electron chi connectivity index (χ0n) is 10.6. The molecule has 17 heavy (non-hydrogen) atoms. The molecule has 0 bridgehead atoms. The summed E-state index contributed by atoms with van der Waals surface area (Å²) < 4.78 is 0. The maximum absolute atomic E-state index is 12.1. The summed E-state index contributed by atoms with van der Waals surface area (Å²) in [7, 11) is 0. The van der Waals surface area contributed by atoms with Gasteiger partial charge in [-0.05, 0) is 38.0 Å². The quantitative estimate of drug-likeness (QED) is 0.768. The summed E-state index contributed by atoms with van der Waals surface area (Å²) in [6.07, 6.45) is 7.81. The number of rotatable bonds is 2. The van der Waals surface area contributed by atoms with Crippen molar-refractivity contribution in [2.75, 3.05) is 13.1 Å². The molecular weight excluding hydrogens is 232 g/mol. The van der Waals surface area contributed by atoms with Gasteiger partial charge < -0.3 is 10.6 Å². The van der Waals surface area contributed by atoms with E-state index >= 15 is 0 Å². The van der Waals surface area contributed by atoms with E-state index in [1.807, 2.05) is 11.8 Å². The van der Waals surface area contributed by atoms with Crippen LogP contribution in [0, 0.1) is 11.3 Å². The number of likely N-dealkylation sites (tertiary alicyclic amines) is 1. The molecule has 1 aliphatic heterocycles. The van der Waals surface area contributed by atoms with Gasteiger partial charge in [-0.3, -0.25) is 4.79 Å². The van der Waals surface area contributed by atoms with Gasteiger partial charge in [0.1, 0.15) is 0 Å². The summed E-state index contributed by atoms with van der Waals surface area (Å²) >= 11 is 4.89. The van der Waals surface area contributed by atoms with Crippen LogP contribution >= 0.6 is 12.2 Å². The molecule has 2 N–H and O–H groups in total. The molecule has 1 atom stereocenters. The Morgan fingerprint density at radius 1 is 1.24 bits per heavy atom. The van der Waals surface area contributed by atoms with Crippen LogP contribution < -0.4 is 5.73 Å². The monoisotopic (exact) mass is 254 g/mol. The highest BCUT2D eigenvalue weighted by atomic mass is 32.1. The fraction of sp³-hybridized carbons (Fsp3) is 0.846. The molecule has 0 aromatic rings. The number of nitrogens with two attached hydrogens (primary N) is 1. The Morgan fingerprint density at radius 3 is 2.24 bits per heavy atom. The van der Waals surface area contributed by atoms with E-state index in [0.29, 0.717) is 10.4 Å². The number of thiocarbonyl (C=S) groups is 1. The van der Waals surface area contributed by atoms with E-state index in [2.05, 4.69) is 0 Å². The Balaban J connectivity index is 1.90. The molecule has 3 nitrogen and oxygen atoms in total. The van der Waals surface area contributed by atoms with Gasteiger partial charge in [0.05, 0.1) is 10.9 Å². The van der Waals surface area contributed by atoms with E-state index in [9.17, 15) is 4.79 Å². The second-order valence-corrected chi connectivity index (χ2v) is 6.13. The van der Waals surface area contributed by atoms with Gasteiger partial charge in [-0.2, -0.15) is 0 Å². The Bertz CT molecular complexity index is 313. The Labute approximate surface area is 109 Å². The van der Waals surface area contributed by atoms with Crippen molar-refractivity contribution >= 4 is 23.1 Å². The highest BCUT2D eigenvalue weighted by Crippen LogP contribution is 2.46. The normalized spacial score (nSPS) is 24.9. The molecule has 0 aromatic carbocycles. The SMILES string of the molecule is CC(C(=O)N1CCC2(CCCC2)CC1)C(N)=S. The van der Waals surface area contributed by atoms with Crippen molar-refractivity contribution in [3.8, 4) is 0 Å². The van der Waals surface area contributed by atoms with E-state index < -0.39 is 0 Å². The van der Waals surface area contributed by atoms with Crippen LogP contribution in [0.2, 0.25) is 0 Å². The molecule has 1 saturated carbocycles. The van der Waals surface area contributed by atoms with Crippen molar-refractivity contribution in [3.05, 3.63) is 0 Å². The third kappa shape index (κ3) is 2.62. The van der Waals surface area contributed by atoms with Crippen molar-refractivity contribution in [2.45, 2.75) is 45.4 Å². The van der Waals surface area contributed by atoms with E-state index in [-0.39, 0.29) is 11.8 Å². The Morgan fingerprint density at radius 2 is 1.76 bits per heavy atom. The van der Waals surface area contributed by atoms with Crippen LogP contribution in [0.25, 0.3) is 0 Å². The number of carbonyl (C=O) groups is 1. The number of hydrogen-bond donors (Lipinski definition) is 1. The summed E-state index contributed by atoms with van der Waals surface area (Å²) in [5.41, 5.74) is 6.10. The standard InChI is InChI=1S/C13H22N2OS/c1-10(11(14)17)12(16)15-8-6-13(7-9-15)4-2-3-5-13/h10H,2-9H2,1H3,(H2,14,17). The smallest absolute Gasteiger partial charge is 0.232 e. The Hall–Kier alpha value is -0.640. The summed E-state index contributed by atoms with van der Waals surface area (Å²) in [5.74, 6) is -0.187. The fourth-order valence-electron chi connectivity index (χ4n) is 3.22. The number of piperidine rings is 1. The predicted molar refractivity (Wildman–Crippen MR) is 72.7 cm³/mol. The Kier molecular flexibility index (Phi) is 3.71. The van der Waals surface area contributed by atoms with Crippen LogP contribution in [-0.2, 0) is 4.79 Å². The van der Waals surface area contributed by atoms with Crippen molar-refractivity contribution in [2.24, 2.45) is 17.1 Å². The third-order valence-corrected chi connectivity index (χ3v) is 4.95. The molecule has 2 fully saturated rings. The number of carbonyl (C=O) groups excluding carboxylic acids is 1. The van der Waals surface area contributed by atoms with Crippen LogP contribution in [0.15, 0.2) is 0 Å². The van der Waals surface area contributed by atoms with Crippen molar-refractivity contribution in [1.29, 1.82) is 0 Å². The molecule has 1 saturated heterocycles. The van der Waals surface area contributed by atoms with Gasteiger partial charge in [0.15, 0.2) is 0 Å². The van der Waals surface area contributed by atoms with Gasteiger partial charge in [0.2, 0.25) is 5.91 Å². The zero-order chi connectivity index (χ0) is 12.5. The molecule has 4 heteroatoms. The summed E-state index contributed by atoms with van der Waals surface area (Å²) in [4.78, 5) is 14.4. The van der Waals surface area contributed by atoms with Crippen LogP contribution in [0.4, 0.5) is 0 Å². The number of hydrogen-bond acceptors (Lipinski definition) is 2. The summed E-state index contributed by atoms with van der Waals surface area (Å²) in [6, 6.07) is 0. The van der Waals surface area contributed by atoms with Gasteiger partial charge in [0, 0.05) is 13.1 Å². The maximum atomic E-state index is 12.1. The first-order valence-corrected chi connectivity index (χ1v) is 7.03. The fourth-order valence-corrected chi connectivity index (χ4v) is 3.32. The van der Waals surface area contributed by atoms with Crippen LogP contribution in [0.1, 0.15) is 45.4 Å². The van der Waals surface area contributed by atoms with Gasteiger partial charge in [-0.15, -0.1) is 0 Å². The number of amides is 1. The van der Waals surface area contributed by atoms with Crippen LogP contribution in [0.3, 0.4) is 0 Å². The predicted octanol–water partition coefficient (Wildman–Crippen LogP) is 2.09. The lowest BCUT2D eigenvalue weighted by atomic mass is 9.77. The van der Waals surface area contributed by atoms with Crippen molar-refractivity contribution in [1.82, 2.24) is 4.90 Å². The first kappa shape index (κ1) is 12.8. The van der Waals surface area contributed by atoms with Gasteiger partial charge in [-0.1, -0.05) is 25.1 Å². The summed E-state index contributed by atoms with van der Waals surface area (Å²) in [6.45, 7) is 3.60. The molecular formula is C13H22N2OS. The number of nitrogens with zero attached hydrogens (tertiary/aromatic N) is 1. The zero-order valence-corrected chi connectivity index (χ0v) is 11.4. The van der Waals surface area contributed by atoms with E-state index in [1.54, 1.807) is 0 Å². The lowest BCUT2D eigenvalue weighted by Gasteiger charge is -2.40. The largest absolute Gasteiger partial charge is 0.393 e. The second-order valence-electron chi connectivity index (χ2n) is 5.66. The molecule has 1 aliphatic carbocycles. The molecule has 1 unspecified atom stereocenters. The minimum atomic E-state index is -0.303. The lowest BCUT2D eigenvalue weighted by Crippen LogP contribution is -2.46. The third-order valence-electron chi connectivity index (χ3n) is 4.60. The average molecular weight is 254 g/mol. The topological polar surface area (TPSA) is 46.3 Å². The van der Waals surface area contributed by atoms with Crippen LogP contribution in [-0.4, -0.2) is 28.9 Å². The molecule has 0 radical (unpaired) electrons. The van der Waals surface area contributed by atoms with Gasteiger partial charge >= 0.3 is 0 Å². The van der Waals surface area contributed by atoms with Crippen molar-refractivity contribution < 1.29 is 4.79 Å². The van der Waals surface area contributed by atoms with Gasteiger partial charge in [0.25, 0.3) is 0 Å². The molecule has 2 aliphatic rings. The average Bonchev–Trinajstić information content (AvgIpc) is 2.76. The highest BCUT2D eigenvalue weighted by molar-refractivity contribution is 7.80. The van der Waals surface area contributed by atoms with Crippen molar-refractivity contribution in [3.63, 3.8) is 0 Å². The first-order chi connectivity index (χ1) is 8.04. The molecule has 96 valence electrons.